The van der Waals surface area contributed by atoms with Crippen LogP contribution in [0.25, 0.3) is 11.4 Å². The number of ether oxygens (including phenoxy) is 2. The van der Waals surface area contributed by atoms with Gasteiger partial charge in [0.2, 0.25) is 5.91 Å². The topological polar surface area (TPSA) is 69.5 Å². The van der Waals surface area contributed by atoms with Crippen molar-refractivity contribution in [1.82, 2.24) is 14.8 Å². The first-order valence-corrected chi connectivity index (χ1v) is 13.2. The summed E-state index contributed by atoms with van der Waals surface area (Å²) >= 11 is 1.46. The van der Waals surface area contributed by atoms with Crippen LogP contribution >= 0.6 is 11.8 Å². The zero-order chi connectivity index (χ0) is 24.8. The molecule has 1 fully saturated rings. The van der Waals surface area contributed by atoms with E-state index >= 15 is 0 Å². The minimum Gasteiger partial charge on any atom is -0.493 e. The van der Waals surface area contributed by atoms with Gasteiger partial charge in [0.15, 0.2) is 22.5 Å². The zero-order valence-electron chi connectivity index (χ0n) is 20.9. The summed E-state index contributed by atoms with van der Waals surface area (Å²) in [5, 5.41) is 9.91. The van der Waals surface area contributed by atoms with Crippen LogP contribution in [0.1, 0.15) is 52.0 Å². The molecule has 35 heavy (non-hydrogen) atoms. The van der Waals surface area contributed by atoms with Crippen molar-refractivity contribution < 1.29 is 14.3 Å². The molecule has 0 bridgehead atoms. The molecule has 186 valence electrons. The van der Waals surface area contributed by atoms with Crippen molar-refractivity contribution in [2.75, 3.05) is 24.9 Å². The van der Waals surface area contributed by atoms with Crippen LogP contribution in [0, 0.1) is 0 Å². The number of anilines is 1. The van der Waals surface area contributed by atoms with Gasteiger partial charge < -0.3 is 14.4 Å². The zero-order valence-corrected chi connectivity index (χ0v) is 21.8. The van der Waals surface area contributed by atoms with Gasteiger partial charge in [-0.05, 0) is 57.0 Å². The predicted molar refractivity (Wildman–Crippen MR) is 140 cm³/mol. The number of rotatable bonds is 9. The minimum absolute atomic E-state index is 0.0575. The monoisotopic (exact) mass is 494 g/mol. The van der Waals surface area contributed by atoms with Crippen molar-refractivity contribution in [2.24, 2.45) is 0 Å². The van der Waals surface area contributed by atoms with Gasteiger partial charge in [0.25, 0.3) is 0 Å². The van der Waals surface area contributed by atoms with Crippen LogP contribution < -0.4 is 14.4 Å². The first kappa shape index (κ1) is 25.1. The van der Waals surface area contributed by atoms with Gasteiger partial charge in [-0.15, -0.1) is 10.2 Å². The number of nitrogens with zero attached hydrogens (tertiary/aromatic N) is 4. The molecule has 1 amide bonds. The molecule has 8 heteroatoms. The maximum atomic E-state index is 13.3. The van der Waals surface area contributed by atoms with E-state index in [-0.39, 0.29) is 11.9 Å². The summed E-state index contributed by atoms with van der Waals surface area (Å²) in [6.07, 6.45) is 5.80. The van der Waals surface area contributed by atoms with E-state index in [1.54, 1.807) is 14.2 Å². The lowest BCUT2D eigenvalue weighted by atomic mass is 9.95. The Hall–Kier alpha value is -3.00. The molecular weight excluding hydrogens is 460 g/mol. The molecular formula is C27H34N4O3S. The first-order valence-electron chi connectivity index (χ1n) is 12.2. The summed E-state index contributed by atoms with van der Waals surface area (Å²) in [5.74, 6) is 2.49. The number of amides is 1. The van der Waals surface area contributed by atoms with Crippen LogP contribution in [0.3, 0.4) is 0 Å². The van der Waals surface area contributed by atoms with Gasteiger partial charge in [-0.25, -0.2) is 0 Å². The van der Waals surface area contributed by atoms with Gasteiger partial charge in [0.05, 0.1) is 20.0 Å². The largest absolute Gasteiger partial charge is 0.493 e. The van der Waals surface area contributed by atoms with E-state index in [2.05, 4.69) is 14.8 Å². The molecule has 1 aliphatic rings. The van der Waals surface area contributed by atoms with E-state index < -0.39 is 0 Å². The summed E-state index contributed by atoms with van der Waals surface area (Å²) in [4.78, 5) is 15.1. The number of para-hydroxylation sites is 1. The van der Waals surface area contributed by atoms with E-state index in [1.807, 2.05) is 67.3 Å². The third-order valence-corrected chi connectivity index (χ3v) is 7.32. The summed E-state index contributed by atoms with van der Waals surface area (Å²) in [7, 11) is 3.26. The quantitative estimate of drug-likeness (QED) is 0.340. The van der Waals surface area contributed by atoms with E-state index in [0.717, 1.165) is 35.1 Å². The van der Waals surface area contributed by atoms with Crippen LogP contribution in [0.4, 0.5) is 5.69 Å². The van der Waals surface area contributed by atoms with Crippen molar-refractivity contribution in [3.8, 4) is 22.9 Å². The molecule has 0 unspecified atom stereocenters. The smallest absolute Gasteiger partial charge is 0.237 e. The molecule has 7 nitrogen and oxygen atoms in total. The molecule has 1 heterocycles. The third kappa shape index (κ3) is 5.64. The van der Waals surface area contributed by atoms with Gasteiger partial charge in [-0.1, -0.05) is 49.2 Å². The molecule has 2 aromatic carbocycles. The number of benzene rings is 2. The maximum absolute atomic E-state index is 13.3. The highest BCUT2D eigenvalue weighted by molar-refractivity contribution is 7.99. The average molecular weight is 495 g/mol. The van der Waals surface area contributed by atoms with Crippen LogP contribution in [0.2, 0.25) is 0 Å². The fourth-order valence-corrected chi connectivity index (χ4v) is 5.60. The molecule has 0 aliphatic heterocycles. The van der Waals surface area contributed by atoms with E-state index in [4.69, 9.17) is 9.47 Å². The van der Waals surface area contributed by atoms with Crippen molar-refractivity contribution in [2.45, 2.75) is 63.2 Å². The van der Waals surface area contributed by atoms with Crippen molar-refractivity contribution in [3.05, 3.63) is 48.5 Å². The van der Waals surface area contributed by atoms with Crippen LogP contribution in [-0.2, 0) is 4.79 Å². The van der Waals surface area contributed by atoms with Crippen LogP contribution in [0.5, 0.6) is 11.5 Å². The Bertz CT molecular complexity index is 1130. The second-order valence-electron chi connectivity index (χ2n) is 9.02. The molecule has 0 saturated heterocycles. The number of hydrogen-bond acceptors (Lipinski definition) is 6. The Labute approximate surface area is 211 Å². The highest BCUT2D eigenvalue weighted by Gasteiger charge is 2.26. The van der Waals surface area contributed by atoms with Gasteiger partial charge >= 0.3 is 0 Å². The fraction of sp³-hybridized carbons (Fsp3) is 0.444. The Kier molecular flexibility index (Phi) is 8.33. The maximum Gasteiger partial charge on any atom is 0.237 e. The average Bonchev–Trinajstić information content (AvgIpc) is 3.32. The number of aromatic nitrogens is 3. The Balaban J connectivity index is 1.63. The molecule has 0 N–H and O–H groups in total. The molecule has 4 rings (SSSR count). The van der Waals surface area contributed by atoms with Gasteiger partial charge in [-0.3, -0.25) is 9.36 Å². The van der Waals surface area contributed by atoms with Crippen molar-refractivity contribution in [3.63, 3.8) is 0 Å². The van der Waals surface area contributed by atoms with Gasteiger partial charge in [0, 0.05) is 23.3 Å². The van der Waals surface area contributed by atoms with Crippen molar-refractivity contribution >= 4 is 23.4 Å². The highest BCUT2D eigenvalue weighted by Crippen LogP contribution is 2.38. The second-order valence-corrected chi connectivity index (χ2v) is 9.96. The molecule has 3 aromatic rings. The fourth-order valence-electron chi connectivity index (χ4n) is 4.73. The lowest BCUT2D eigenvalue weighted by molar-refractivity contribution is -0.116. The summed E-state index contributed by atoms with van der Waals surface area (Å²) in [6.45, 7) is 4.07. The molecule has 1 aliphatic carbocycles. The number of carbonyl (C=O) groups is 1. The minimum atomic E-state index is 0.0575. The normalized spacial score (nSPS) is 14.2. The molecule has 0 radical (unpaired) electrons. The number of thioether (sulfide) groups is 1. The van der Waals surface area contributed by atoms with Crippen molar-refractivity contribution in [1.29, 1.82) is 0 Å². The van der Waals surface area contributed by atoms with E-state index in [0.29, 0.717) is 23.3 Å². The molecule has 1 saturated carbocycles. The summed E-state index contributed by atoms with van der Waals surface area (Å²) in [6, 6.07) is 16.0. The van der Waals surface area contributed by atoms with Gasteiger partial charge in [0.1, 0.15) is 0 Å². The van der Waals surface area contributed by atoms with Crippen LogP contribution in [0.15, 0.2) is 53.7 Å². The summed E-state index contributed by atoms with van der Waals surface area (Å²) in [5.41, 5.74) is 1.83. The standard InChI is InChI=1S/C27H34N4O3S/c1-19(2)30(21-11-7-5-8-12-21)25(32)18-35-27-29-28-26(31(27)22-13-9-6-10-14-22)20-15-16-23(33-3)24(17-20)34-4/h5,7-8,11-12,15-17,19,22H,6,9-10,13-14,18H2,1-4H3. The third-order valence-electron chi connectivity index (χ3n) is 6.39. The Morgan fingerprint density at radius 3 is 2.40 bits per heavy atom. The lowest BCUT2D eigenvalue weighted by Crippen LogP contribution is -2.38. The van der Waals surface area contributed by atoms with Crippen LogP contribution in [-0.4, -0.2) is 46.7 Å². The SMILES string of the molecule is COc1ccc(-c2nnc(SCC(=O)N(c3ccccc3)C(C)C)n2C2CCCCC2)cc1OC. The number of carbonyl (C=O) groups excluding carboxylic acids is 1. The predicted octanol–water partition coefficient (Wildman–Crippen LogP) is 6.00. The number of hydrogen-bond donors (Lipinski definition) is 0. The number of methoxy groups -OCH3 is 2. The molecule has 1 aromatic heterocycles. The first-order chi connectivity index (χ1) is 17.0. The van der Waals surface area contributed by atoms with E-state index in [9.17, 15) is 4.79 Å². The van der Waals surface area contributed by atoms with E-state index in [1.165, 1.54) is 31.0 Å². The Morgan fingerprint density at radius 1 is 1.03 bits per heavy atom. The highest BCUT2D eigenvalue weighted by atomic mass is 32.2. The molecule has 0 atom stereocenters. The summed E-state index contributed by atoms with van der Waals surface area (Å²) < 4.78 is 13.2. The molecule has 0 spiro atoms. The van der Waals surface area contributed by atoms with Gasteiger partial charge in [-0.2, -0.15) is 0 Å². The second kappa shape index (κ2) is 11.6. The Morgan fingerprint density at radius 2 is 1.74 bits per heavy atom. The lowest BCUT2D eigenvalue weighted by Gasteiger charge is -2.27.